The Morgan fingerprint density at radius 3 is 3.00 bits per heavy atom. The van der Waals surface area contributed by atoms with Gasteiger partial charge in [-0.2, -0.15) is 0 Å². The molecule has 0 bridgehead atoms. The van der Waals surface area contributed by atoms with Gasteiger partial charge < -0.3 is 19.5 Å². The minimum Gasteiger partial charge on any atom is -0.493 e. The van der Waals surface area contributed by atoms with Crippen molar-refractivity contribution in [1.29, 1.82) is 0 Å². The molecule has 0 aliphatic carbocycles. The number of para-hydroxylation sites is 2. The maximum Gasteiger partial charge on any atom is 0.161 e. The number of methoxy groups -OCH3 is 1. The van der Waals surface area contributed by atoms with Crippen LogP contribution in [-0.4, -0.2) is 63.5 Å². The van der Waals surface area contributed by atoms with Crippen molar-refractivity contribution in [3.63, 3.8) is 0 Å². The van der Waals surface area contributed by atoms with Gasteiger partial charge in [0.2, 0.25) is 0 Å². The fraction of sp³-hybridized carbons (Fsp3) is 0.600. The molecule has 0 aromatic heterocycles. The molecular formula is C15H22N2O3. The maximum absolute atomic E-state index is 5.85. The molecule has 3 rings (SSSR count). The SMILES string of the molecule is COc1ccccc1OCCN1CCO[C@H]2CNC[C@H]21. The lowest BCUT2D eigenvalue weighted by molar-refractivity contribution is -0.0497. The van der Waals surface area contributed by atoms with E-state index in [0.29, 0.717) is 18.8 Å². The van der Waals surface area contributed by atoms with Crippen molar-refractivity contribution in [2.24, 2.45) is 0 Å². The Morgan fingerprint density at radius 2 is 2.15 bits per heavy atom. The third kappa shape index (κ3) is 2.90. The second kappa shape index (κ2) is 6.43. The first-order chi connectivity index (χ1) is 9.88. The number of rotatable bonds is 5. The summed E-state index contributed by atoms with van der Waals surface area (Å²) in [4.78, 5) is 2.46. The van der Waals surface area contributed by atoms with Crippen LogP contribution in [0.15, 0.2) is 24.3 Å². The second-order valence-electron chi connectivity index (χ2n) is 5.17. The highest BCUT2D eigenvalue weighted by Gasteiger charge is 2.35. The largest absolute Gasteiger partial charge is 0.493 e. The van der Waals surface area contributed by atoms with E-state index in [9.17, 15) is 0 Å². The minimum atomic E-state index is 0.343. The maximum atomic E-state index is 5.85. The summed E-state index contributed by atoms with van der Waals surface area (Å²) < 4.78 is 16.9. The number of hydrogen-bond acceptors (Lipinski definition) is 5. The van der Waals surface area contributed by atoms with Crippen molar-refractivity contribution in [3.8, 4) is 11.5 Å². The fourth-order valence-electron chi connectivity index (χ4n) is 2.95. The van der Waals surface area contributed by atoms with Crippen molar-refractivity contribution in [2.75, 3.05) is 46.5 Å². The first kappa shape index (κ1) is 13.7. The van der Waals surface area contributed by atoms with Crippen LogP contribution in [-0.2, 0) is 4.74 Å². The van der Waals surface area contributed by atoms with Crippen LogP contribution in [0.5, 0.6) is 11.5 Å². The summed E-state index contributed by atoms with van der Waals surface area (Å²) in [5.74, 6) is 1.60. The average Bonchev–Trinajstić information content (AvgIpc) is 2.97. The normalized spacial score (nSPS) is 26.2. The summed E-state index contributed by atoms with van der Waals surface area (Å²) in [6.07, 6.45) is 0.343. The van der Waals surface area contributed by atoms with E-state index in [1.54, 1.807) is 7.11 Å². The van der Waals surface area contributed by atoms with Crippen molar-refractivity contribution in [2.45, 2.75) is 12.1 Å². The summed E-state index contributed by atoms with van der Waals surface area (Å²) >= 11 is 0. The molecule has 0 saturated carbocycles. The Morgan fingerprint density at radius 1 is 1.30 bits per heavy atom. The van der Waals surface area contributed by atoms with Gasteiger partial charge >= 0.3 is 0 Å². The number of nitrogens with zero attached hydrogens (tertiary/aromatic N) is 1. The molecule has 2 atom stereocenters. The van der Waals surface area contributed by atoms with Crippen LogP contribution >= 0.6 is 0 Å². The molecule has 20 heavy (non-hydrogen) atoms. The summed E-state index contributed by atoms with van der Waals surface area (Å²) in [6.45, 7) is 5.37. The summed E-state index contributed by atoms with van der Waals surface area (Å²) in [5, 5.41) is 3.39. The van der Waals surface area contributed by atoms with Gasteiger partial charge in [0.05, 0.1) is 19.8 Å². The minimum absolute atomic E-state index is 0.343. The van der Waals surface area contributed by atoms with E-state index in [4.69, 9.17) is 14.2 Å². The van der Waals surface area contributed by atoms with E-state index < -0.39 is 0 Å². The van der Waals surface area contributed by atoms with Crippen molar-refractivity contribution < 1.29 is 14.2 Å². The zero-order valence-corrected chi connectivity index (χ0v) is 11.9. The van der Waals surface area contributed by atoms with Gasteiger partial charge in [-0.25, -0.2) is 0 Å². The lowest BCUT2D eigenvalue weighted by atomic mass is 10.1. The number of ether oxygens (including phenoxy) is 3. The third-order valence-corrected chi connectivity index (χ3v) is 4.01. The van der Waals surface area contributed by atoms with Gasteiger partial charge in [-0.15, -0.1) is 0 Å². The van der Waals surface area contributed by atoms with Gasteiger partial charge in [0.1, 0.15) is 6.61 Å². The summed E-state index contributed by atoms with van der Waals surface area (Å²) in [7, 11) is 1.67. The highest BCUT2D eigenvalue weighted by atomic mass is 16.5. The molecule has 1 aromatic rings. The monoisotopic (exact) mass is 278 g/mol. The van der Waals surface area contributed by atoms with E-state index in [1.165, 1.54) is 0 Å². The van der Waals surface area contributed by atoms with Crippen LogP contribution < -0.4 is 14.8 Å². The first-order valence-corrected chi connectivity index (χ1v) is 7.20. The lowest BCUT2D eigenvalue weighted by Gasteiger charge is -2.36. The smallest absolute Gasteiger partial charge is 0.161 e. The number of fused-ring (bicyclic) bond motifs is 1. The Bertz CT molecular complexity index is 441. The van der Waals surface area contributed by atoms with E-state index in [2.05, 4.69) is 10.2 Å². The van der Waals surface area contributed by atoms with E-state index in [1.807, 2.05) is 24.3 Å². The predicted octanol–water partition coefficient (Wildman–Crippen LogP) is 0.747. The second-order valence-corrected chi connectivity index (χ2v) is 5.17. The van der Waals surface area contributed by atoms with Crippen molar-refractivity contribution >= 4 is 0 Å². The number of morpholine rings is 1. The molecule has 0 radical (unpaired) electrons. The van der Waals surface area contributed by atoms with Crippen LogP contribution in [0, 0.1) is 0 Å². The molecule has 0 unspecified atom stereocenters. The Hall–Kier alpha value is -1.30. The zero-order chi connectivity index (χ0) is 13.8. The highest BCUT2D eigenvalue weighted by molar-refractivity contribution is 5.39. The number of nitrogens with one attached hydrogen (secondary N) is 1. The molecule has 2 fully saturated rings. The molecule has 5 heteroatoms. The van der Waals surface area contributed by atoms with Gasteiger partial charge in [0.25, 0.3) is 0 Å². The highest BCUT2D eigenvalue weighted by Crippen LogP contribution is 2.26. The molecule has 1 N–H and O–H groups in total. The molecule has 2 aliphatic heterocycles. The summed E-state index contributed by atoms with van der Waals surface area (Å²) in [6, 6.07) is 8.26. The molecule has 1 aromatic carbocycles. The van der Waals surface area contributed by atoms with Gasteiger partial charge in [-0.1, -0.05) is 12.1 Å². The summed E-state index contributed by atoms with van der Waals surface area (Å²) in [5.41, 5.74) is 0. The van der Waals surface area contributed by atoms with E-state index >= 15 is 0 Å². The molecule has 2 aliphatic rings. The topological polar surface area (TPSA) is 43.0 Å². The van der Waals surface area contributed by atoms with Crippen molar-refractivity contribution in [3.05, 3.63) is 24.3 Å². The number of hydrogen-bond donors (Lipinski definition) is 1. The molecule has 0 spiro atoms. The Balaban J connectivity index is 1.52. The molecule has 2 heterocycles. The first-order valence-electron chi connectivity index (χ1n) is 7.20. The lowest BCUT2D eigenvalue weighted by Crippen LogP contribution is -2.51. The van der Waals surface area contributed by atoms with Crippen LogP contribution in [0.2, 0.25) is 0 Å². The number of benzene rings is 1. The predicted molar refractivity (Wildman–Crippen MR) is 76.5 cm³/mol. The fourth-order valence-corrected chi connectivity index (χ4v) is 2.95. The van der Waals surface area contributed by atoms with E-state index in [-0.39, 0.29) is 0 Å². The zero-order valence-electron chi connectivity index (χ0n) is 11.9. The van der Waals surface area contributed by atoms with Gasteiger partial charge in [-0.3, -0.25) is 4.90 Å². The van der Waals surface area contributed by atoms with Crippen molar-refractivity contribution in [1.82, 2.24) is 10.2 Å². The Labute approximate surface area is 119 Å². The molecule has 0 amide bonds. The Kier molecular flexibility index (Phi) is 4.40. The molecular weight excluding hydrogens is 256 g/mol. The third-order valence-electron chi connectivity index (χ3n) is 4.01. The molecule has 5 nitrogen and oxygen atoms in total. The van der Waals surface area contributed by atoms with Crippen LogP contribution in [0.25, 0.3) is 0 Å². The van der Waals surface area contributed by atoms with Crippen LogP contribution in [0.3, 0.4) is 0 Å². The van der Waals surface area contributed by atoms with Gasteiger partial charge in [0.15, 0.2) is 11.5 Å². The van der Waals surface area contributed by atoms with Crippen LogP contribution in [0.1, 0.15) is 0 Å². The molecule has 2 saturated heterocycles. The standard InChI is InChI=1S/C15H22N2O3/c1-18-13-4-2-3-5-14(13)19-8-6-17-7-9-20-15-11-16-10-12(15)17/h2-5,12,15-16H,6-11H2,1H3/t12-,15+/m1/s1. The van der Waals surface area contributed by atoms with Crippen LogP contribution in [0.4, 0.5) is 0 Å². The van der Waals surface area contributed by atoms with E-state index in [0.717, 1.165) is 44.3 Å². The van der Waals surface area contributed by atoms with Gasteiger partial charge in [0, 0.05) is 32.2 Å². The average molecular weight is 278 g/mol. The van der Waals surface area contributed by atoms with Gasteiger partial charge in [-0.05, 0) is 12.1 Å². The molecule has 110 valence electrons. The quantitative estimate of drug-likeness (QED) is 0.861.